The van der Waals surface area contributed by atoms with Crippen LogP contribution in [0.15, 0.2) is 42.5 Å². The van der Waals surface area contributed by atoms with Gasteiger partial charge >= 0.3 is 0 Å². The van der Waals surface area contributed by atoms with E-state index in [0.717, 1.165) is 11.5 Å². The van der Waals surface area contributed by atoms with Gasteiger partial charge in [-0.15, -0.1) is 0 Å². The maximum absolute atomic E-state index is 10.3. The second kappa shape index (κ2) is 5.94. The van der Waals surface area contributed by atoms with Crippen molar-refractivity contribution >= 4 is 10.8 Å². The topological polar surface area (TPSA) is 32.3 Å². The van der Waals surface area contributed by atoms with Gasteiger partial charge in [0.1, 0.15) is 0 Å². The van der Waals surface area contributed by atoms with Gasteiger partial charge in [0.2, 0.25) is 0 Å². The minimum absolute atomic E-state index is 0.429. The van der Waals surface area contributed by atoms with Crippen molar-refractivity contribution in [3.05, 3.63) is 48.0 Å². The highest BCUT2D eigenvalue weighted by Crippen LogP contribution is 2.33. The number of rotatable bonds is 6. The third-order valence-corrected chi connectivity index (χ3v) is 4.20. The molecule has 0 saturated heterocycles. The summed E-state index contributed by atoms with van der Waals surface area (Å²) in [6, 6.07) is 15.0. The van der Waals surface area contributed by atoms with Crippen LogP contribution in [-0.2, 0) is 0 Å². The average molecular weight is 269 g/mol. The molecule has 3 rings (SSSR count). The Bertz CT molecular complexity index is 576. The molecule has 1 fully saturated rings. The van der Waals surface area contributed by atoms with Gasteiger partial charge < -0.3 is 10.4 Å². The third kappa shape index (κ3) is 3.38. The van der Waals surface area contributed by atoms with E-state index in [4.69, 9.17) is 0 Å². The number of hydrogen-bond acceptors (Lipinski definition) is 2. The SMILES string of the molecule is CC(CC1CC1)NCC(O)c1ccc2ccccc2c1. The predicted molar refractivity (Wildman–Crippen MR) is 83.7 cm³/mol. The molecule has 0 radical (unpaired) electrons. The van der Waals surface area contributed by atoms with Crippen LogP contribution in [0.2, 0.25) is 0 Å². The number of benzene rings is 2. The summed E-state index contributed by atoms with van der Waals surface area (Å²) in [7, 11) is 0. The zero-order valence-electron chi connectivity index (χ0n) is 12.0. The van der Waals surface area contributed by atoms with Gasteiger partial charge in [0.25, 0.3) is 0 Å². The minimum atomic E-state index is -0.429. The zero-order chi connectivity index (χ0) is 13.9. The van der Waals surface area contributed by atoms with Crippen LogP contribution >= 0.6 is 0 Å². The Morgan fingerprint density at radius 2 is 1.90 bits per heavy atom. The number of aliphatic hydroxyl groups is 1. The van der Waals surface area contributed by atoms with Crippen molar-refractivity contribution in [2.24, 2.45) is 5.92 Å². The van der Waals surface area contributed by atoms with Gasteiger partial charge in [-0.1, -0.05) is 49.2 Å². The lowest BCUT2D eigenvalue weighted by atomic mass is 10.0. The number of hydrogen-bond donors (Lipinski definition) is 2. The van der Waals surface area contributed by atoms with Crippen LogP contribution in [-0.4, -0.2) is 17.7 Å². The second-order valence-electron chi connectivity index (χ2n) is 6.11. The first kappa shape index (κ1) is 13.6. The molecular weight excluding hydrogens is 246 g/mol. The molecule has 2 N–H and O–H groups in total. The van der Waals surface area contributed by atoms with Gasteiger partial charge in [-0.2, -0.15) is 0 Å². The Kier molecular flexibility index (Phi) is 4.04. The molecule has 1 saturated carbocycles. The van der Waals surface area contributed by atoms with Crippen LogP contribution in [0, 0.1) is 5.92 Å². The Morgan fingerprint density at radius 3 is 2.65 bits per heavy atom. The molecule has 0 spiro atoms. The Morgan fingerprint density at radius 1 is 1.15 bits per heavy atom. The molecule has 2 aromatic carbocycles. The quantitative estimate of drug-likeness (QED) is 0.839. The van der Waals surface area contributed by atoms with Crippen LogP contribution in [0.1, 0.15) is 37.9 Å². The molecule has 106 valence electrons. The smallest absolute Gasteiger partial charge is 0.0914 e. The van der Waals surface area contributed by atoms with Gasteiger partial charge in [0.15, 0.2) is 0 Å². The predicted octanol–water partition coefficient (Wildman–Crippen LogP) is 3.65. The Balaban J connectivity index is 1.60. The van der Waals surface area contributed by atoms with Crippen molar-refractivity contribution < 1.29 is 5.11 Å². The highest BCUT2D eigenvalue weighted by Gasteiger charge is 2.23. The lowest BCUT2D eigenvalue weighted by Crippen LogP contribution is -2.30. The first-order valence-corrected chi connectivity index (χ1v) is 7.62. The molecule has 2 atom stereocenters. The third-order valence-electron chi connectivity index (χ3n) is 4.20. The van der Waals surface area contributed by atoms with Gasteiger partial charge in [0, 0.05) is 12.6 Å². The first-order chi connectivity index (χ1) is 9.72. The molecule has 0 aromatic heterocycles. The molecule has 2 nitrogen and oxygen atoms in total. The van der Waals surface area contributed by atoms with Gasteiger partial charge in [-0.05, 0) is 41.7 Å². The normalized spacial score (nSPS) is 18.1. The van der Waals surface area contributed by atoms with E-state index in [2.05, 4.69) is 36.5 Å². The van der Waals surface area contributed by atoms with Crippen molar-refractivity contribution in [3.8, 4) is 0 Å². The molecule has 2 heteroatoms. The van der Waals surface area contributed by atoms with Crippen LogP contribution < -0.4 is 5.32 Å². The van der Waals surface area contributed by atoms with E-state index >= 15 is 0 Å². The fourth-order valence-corrected chi connectivity index (χ4v) is 2.78. The second-order valence-corrected chi connectivity index (χ2v) is 6.11. The van der Waals surface area contributed by atoms with E-state index in [9.17, 15) is 5.11 Å². The van der Waals surface area contributed by atoms with E-state index in [-0.39, 0.29) is 0 Å². The van der Waals surface area contributed by atoms with Crippen LogP contribution in [0.4, 0.5) is 0 Å². The molecule has 20 heavy (non-hydrogen) atoms. The monoisotopic (exact) mass is 269 g/mol. The standard InChI is InChI=1S/C18H23NO/c1-13(10-14-6-7-14)19-12-18(20)17-9-8-15-4-2-3-5-16(15)11-17/h2-5,8-9,11,13-14,18-20H,6-7,10,12H2,1H3. The Hall–Kier alpha value is -1.38. The Labute approximate surface area is 120 Å². The van der Waals surface area contributed by atoms with Crippen LogP contribution in [0.3, 0.4) is 0 Å². The van der Waals surface area contributed by atoms with Crippen molar-refractivity contribution in [3.63, 3.8) is 0 Å². The number of fused-ring (bicyclic) bond motifs is 1. The van der Waals surface area contributed by atoms with E-state index < -0.39 is 6.10 Å². The number of nitrogens with one attached hydrogen (secondary N) is 1. The highest BCUT2D eigenvalue weighted by molar-refractivity contribution is 5.83. The molecule has 0 bridgehead atoms. The summed E-state index contributed by atoms with van der Waals surface area (Å²) in [5, 5.41) is 16.2. The summed E-state index contributed by atoms with van der Waals surface area (Å²) < 4.78 is 0. The molecular formula is C18H23NO. The maximum Gasteiger partial charge on any atom is 0.0914 e. The fourth-order valence-electron chi connectivity index (χ4n) is 2.78. The summed E-state index contributed by atoms with van der Waals surface area (Å²) in [5.41, 5.74) is 0.995. The summed E-state index contributed by atoms with van der Waals surface area (Å²) in [6.45, 7) is 2.84. The summed E-state index contributed by atoms with van der Waals surface area (Å²) in [4.78, 5) is 0. The van der Waals surface area contributed by atoms with Crippen LogP contribution in [0.5, 0.6) is 0 Å². The van der Waals surface area contributed by atoms with Gasteiger partial charge in [0.05, 0.1) is 6.10 Å². The lowest BCUT2D eigenvalue weighted by Gasteiger charge is -2.17. The lowest BCUT2D eigenvalue weighted by molar-refractivity contribution is 0.169. The molecule has 0 heterocycles. The van der Waals surface area contributed by atoms with E-state index in [1.165, 1.54) is 30.0 Å². The maximum atomic E-state index is 10.3. The summed E-state index contributed by atoms with van der Waals surface area (Å²) in [5.74, 6) is 0.926. The number of aliphatic hydroxyl groups excluding tert-OH is 1. The zero-order valence-corrected chi connectivity index (χ0v) is 12.0. The molecule has 1 aliphatic rings. The molecule has 2 unspecified atom stereocenters. The molecule has 0 aliphatic heterocycles. The summed E-state index contributed by atoms with van der Waals surface area (Å²) in [6.07, 6.45) is 3.59. The van der Waals surface area contributed by atoms with E-state index in [1.807, 2.05) is 18.2 Å². The minimum Gasteiger partial charge on any atom is -0.387 e. The van der Waals surface area contributed by atoms with E-state index in [1.54, 1.807) is 0 Å². The van der Waals surface area contributed by atoms with Crippen molar-refractivity contribution in [1.82, 2.24) is 5.32 Å². The largest absolute Gasteiger partial charge is 0.387 e. The highest BCUT2D eigenvalue weighted by atomic mass is 16.3. The van der Waals surface area contributed by atoms with Crippen molar-refractivity contribution in [2.45, 2.75) is 38.3 Å². The van der Waals surface area contributed by atoms with E-state index in [0.29, 0.717) is 12.6 Å². The molecule has 2 aromatic rings. The fraction of sp³-hybridized carbons (Fsp3) is 0.444. The first-order valence-electron chi connectivity index (χ1n) is 7.62. The molecule has 1 aliphatic carbocycles. The summed E-state index contributed by atoms with van der Waals surface area (Å²) >= 11 is 0. The molecule has 0 amide bonds. The van der Waals surface area contributed by atoms with Crippen molar-refractivity contribution in [2.75, 3.05) is 6.54 Å². The van der Waals surface area contributed by atoms with Crippen molar-refractivity contribution in [1.29, 1.82) is 0 Å². The van der Waals surface area contributed by atoms with Crippen LogP contribution in [0.25, 0.3) is 10.8 Å². The van der Waals surface area contributed by atoms with Gasteiger partial charge in [-0.25, -0.2) is 0 Å². The van der Waals surface area contributed by atoms with Gasteiger partial charge in [-0.3, -0.25) is 0 Å². The average Bonchev–Trinajstić information content (AvgIpc) is 3.28.